The number of aliphatic hydroxyl groups excluding tert-OH is 2. The second-order valence-electron chi connectivity index (χ2n) is 13.4. The molecule has 2 amide bonds. The lowest BCUT2D eigenvalue weighted by Gasteiger charge is -2.37. The molecule has 0 spiro atoms. The number of amides is 2. The molecule has 45 heavy (non-hydrogen) atoms. The quantitative estimate of drug-likeness (QED) is 0.133. The van der Waals surface area contributed by atoms with Gasteiger partial charge in [0.25, 0.3) is 0 Å². The highest BCUT2D eigenvalue weighted by molar-refractivity contribution is 7.90. The first kappa shape index (κ1) is 39.8. The summed E-state index contributed by atoms with van der Waals surface area (Å²) in [5.74, 6) is -1.99. The molecule has 0 bridgehead atoms. The zero-order chi connectivity index (χ0) is 33.9. The first-order valence-corrected chi connectivity index (χ1v) is 19.9. The molecule has 13 nitrogen and oxygen atoms in total. The molecule has 0 aromatic carbocycles. The molecule has 0 aliphatic heterocycles. The summed E-state index contributed by atoms with van der Waals surface area (Å²) in [6.07, 6.45) is 3.88. The first-order valence-electron chi connectivity index (χ1n) is 16.7. The van der Waals surface area contributed by atoms with Crippen molar-refractivity contribution in [2.45, 2.75) is 134 Å². The van der Waals surface area contributed by atoms with Gasteiger partial charge < -0.3 is 20.4 Å². The predicted molar refractivity (Wildman–Crippen MR) is 174 cm³/mol. The number of rotatable bonds is 18. The minimum atomic E-state index is -4.02. The molecule has 0 aromatic heterocycles. The van der Waals surface area contributed by atoms with Crippen LogP contribution in [-0.2, 0) is 29.6 Å². The fourth-order valence-corrected chi connectivity index (χ4v) is 8.25. The van der Waals surface area contributed by atoms with Crippen LogP contribution in [0.1, 0.15) is 105 Å². The summed E-state index contributed by atoms with van der Waals surface area (Å²) in [6.45, 7) is 10.3. The van der Waals surface area contributed by atoms with E-state index >= 15 is 0 Å². The van der Waals surface area contributed by atoms with Crippen LogP contribution in [0.25, 0.3) is 0 Å². The molecule has 2 saturated carbocycles. The van der Waals surface area contributed by atoms with E-state index in [0.29, 0.717) is 45.3 Å². The Hall–Kier alpha value is -1.36. The maximum atomic E-state index is 13.9. The van der Waals surface area contributed by atoms with Gasteiger partial charge in [-0.2, -0.15) is 0 Å². The number of nitrogens with one attached hydrogen (secondary N) is 2. The molecule has 5 atom stereocenters. The Kier molecular flexibility index (Phi) is 16.2. The van der Waals surface area contributed by atoms with E-state index in [0.717, 1.165) is 25.7 Å². The summed E-state index contributed by atoms with van der Waals surface area (Å²) in [5.41, 5.74) is 0. The minimum Gasteiger partial charge on any atom is -0.393 e. The van der Waals surface area contributed by atoms with Crippen LogP contribution < -0.4 is 15.3 Å². The lowest BCUT2D eigenvalue weighted by atomic mass is 9.79. The molecule has 0 aromatic rings. The Bertz CT molecular complexity index is 1140. The van der Waals surface area contributed by atoms with Gasteiger partial charge in [-0.15, -0.1) is 4.83 Å². The highest BCUT2D eigenvalue weighted by Crippen LogP contribution is 2.35. The first-order chi connectivity index (χ1) is 21.0. The number of nitrogens with two attached hydrogens (primary N) is 1. The van der Waals surface area contributed by atoms with Gasteiger partial charge in [-0.05, 0) is 90.4 Å². The van der Waals surface area contributed by atoms with Crippen molar-refractivity contribution >= 4 is 31.9 Å². The second kappa shape index (κ2) is 18.3. The fourth-order valence-electron chi connectivity index (χ4n) is 6.52. The van der Waals surface area contributed by atoms with Crippen LogP contribution in [0, 0.1) is 17.8 Å². The summed E-state index contributed by atoms with van der Waals surface area (Å²) >= 11 is 0. The Morgan fingerprint density at radius 2 is 1.44 bits per heavy atom. The number of hydrogen-bond donors (Lipinski definition) is 5. The van der Waals surface area contributed by atoms with Crippen LogP contribution in [0.15, 0.2) is 0 Å². The Morgan fingerprint density at radius 3 is 1.96 bits per heavy atom. The molecule has 15 heteroatoms. The van der Waals surface area contributed by atoms with E-state index in [1.165, 1.54) is 5.01 Å². The SMILES string of the molecule is CCCN(CC(O)C(CC1CCC(O)CC1)NC(=O)C1CC(C(=O)N(CCC)CCC)CC(S(N)(=O)=O)C1)NS(=O)(=O)C(C)C. The fraction of sp³-hybridized carbons (Fsp3) is 0.933. The Balaban J connectivity index is 2.31. The molecule has 6 N–H and O–H groups in total. The third kappa shape index (κ3) is 12.6. The maximum Gasteiger partial charge on any atom is 0.226 e. The predicted octanol–water partition coefficient (Wildman–Crippen LogP) is 1.45. The van der Waals surface area contributed by atoms with Crippen LogP contribution in [-0.4, -0.2) is 104 Å². The molecule has 5 unspecified atom stereocenters. The molecule has 0 radical (unpaired) electrons. The van der Waals surface area contributed by atoms with E-state index in [4.69, 9.17) is 5.14 Å². The number of nitrogens with zero attached hydrogens (tertiary/aromatic N) is 2. The molecule has 2 aliphatic rings. The van der Waals surface area contributed by atoms with Crippen LogP contribution in [0.2, 0.25) is 0 Å². The van der Waals surface area contributed by atoms with Crippen LogP contribution in [0.5, 0.6) is 0 Å². The number of hydrazine groups is 1. The molecule has 264 valence electrons. The third-order valence-corrected chi connectivity index (χ3v) is 12.2. The van der Waals surface area contributed by atoms with E-state index in [1.54, 1.807) is 18.7 Å². The third-order valence-electron chi connectivity index (χ3n) is 9.12. The Morgan fingerprint density at radius 1 is 0.889 bits per heavy atom. The average Bonchev–Trinajstić information content (AvgIpc) is 2.96. The van der Waals surface area contributed by atoms with E-state index in [1.807, 2.05) is 20.8 Å². The number of primary sulfonamides is 1. The summed E-state index contributed by atoms with van der Waals surface area (Å²) in [5, 5.41) is 29.7. The van der Waals surface area contributed by atoms with Crippen LogP contribution in [0.3, 0.4) is 0 Å². The maximum absolute atomic E-state index is 13.9. The average molecular weight is 682 g/mol. The Labute approximate surface area is 271 Å². The summed E-state index contributed by atoms with van der Waals surface area (Å²) < 4.78 is 50.2. The van der Waals surface area contributed by atoms with Crippen molar-refractivity contribution in [3.8, 4) is 0 Å². The normalized spacial score (nSPS) is 26.0. The highest BCUT2D eigenvalue weighted by Gasteiger charge is 2.42. The number of aliphatic hydroxyl groups is 2. The number of hydrogen-bond acceptors (Lipinski definition) is 9. The van der Waals surface area contributed by atoms with Gasteiger partial charge in [-0.25, -0.2) is 27.0 Å². The molecule has 0 saturated heterocycles. The number of carbonyl (C=O) groups excluding carboxylic acids is 2. The van der Waals surface area contributed by atoms with Gasteiger partial charge in [0, 0.05) is 38.0 Å². The van der Waals surface area contributed by atoms with Gasteiger partial charge in [0.2, 0.25) is 31.9 Å². The van der Waals surface area contributed by atoms with Crippen LogP contribution >= 0.6 is 0 Å². The molecular formula is C30H59N5O8S2. The van der Waals surface area contributed by atoms with E-state index in [2.05, 4.69) is 10.1 Å². The molecule has 2 fully saturated rings. The van der Waals surface area contributed by atoms with Gasteiger partial charge in [-0.3, -0.25) is 9.59 Å². The molecule has 0 heterocycles. The smallest absolute Gasteiger partial charge is 0.226 e. The van der Waals surface area contributed by atoms with Gasteiger partial charge >= 0.3 is 0 Å². The van der Waals surface area contributed by atoms with Crippen molar-refractivity contribution in [2.24, 2.45) is 22.9 Å². The van der Waals surface area contributed by atoms with E-state index in [9.17, 15) is 36.6 Å². The van der Waals surface area contributed by atoms with E-state index < -0.39 is 60.4 Å². The summed E-state index contributed by atoms with van der Waals surface area (Å²) in [7, 11) is -7.69. The number of sulfonamides is 2. The topological polar surface area (TPSA) is 199 Å². The monoisotopic (exact) mass is 681 g/mol. The van der Waals surface area contributed by atoms with Crippen LogP contribution in [0.4, 0.5) is 0 Å². The van der Waals surface area contributed by atoms with Crippen molar-refractivity contribution in [3.63, 3.8) is 0 Å². The van der Waals surface area contributed by atoms with Crippen molar-refractivity contribution in [1.82, 2.24) is 20.1 Å². The van der Waals surface area contributed by atoms with Gasteiger partial charge in [0.15, 0.2) is 0 Å². The molecule has 2 rings (SSSR count). The van der Waals surface area contributed by atoms with Crippen molar-refractivity contribution in [1.29, 1.82) is 0 Å². The van der Waals surface area contributed by atoms with Gasteiger partial charge in [0.1, 0.15) is 0 Å². The summed E-state index contributed by atoms with van der Waals surface area (Å²) in [6, 6.07) is -0.763. The standard InChI is InChI=1S/C30H59N5O8S2/c1-6-13-34(14-7-2)30(39)24-17-23(18-26(19-24)44(31,40)41)29(38)32-27(16-22-9-11-25(36)12-10-22)28(37)20-35(15-8-3)33-45(42,43)21(4)5/h21-28,33,36-37H,6-20H2,1-5H3,(H,32,38)(H2,31,40,41). The summed E-state index contributed by atoms with van der Waals surface area (Å²) in [4.78, 5) is 31.7. The van der Waals surface area contributed by atoms with Crippen molar-refractivity contribution in [3.05, 3.63) is 0 Å². The lowest BCUT2D eigenvalue weighted by Crippen LogP contribution is -2.55. The zero-order valence-electron chi connectivity index (χ0n) is 27.9. The van der Waals surface area contributed by atoms with Crippen molar-refractivity contribution in [2.75, 3.05) is 26.2 Å². The number of carbonyl (C=O) groups is 2. The highest BCUT2D eigenvalue weighted by atomic mass is 32.2. The second-order valence-corrected chi connectivity index (χ2v) is 17.4. The lowest BCUT2D eigenvalue weighted by molar-refractivity contribution is -0.138. The minimum absolute atomic E-state index is 0.0232. The van der Waals surface area contributed by atoms with Crippen molar-refractivity contribution < 1.29 is 36.6 Å². The van der Waals surface area contributed by atoms with E-state index in [-0.39, 0.29) is 43.7 Å². The van der Waals surface area contributed by atoms with Gasteiger partial charge in [0.05, 0.1) is 28.7 Å². The molecule has 2 aliphatic carbocycles. The zero-order valence-corrected chi connectivity index (χ0v) is 29.5. The largest absolute Gasteiger partial charge is 0.393 e. The molecular weight excluding hydrogens is 622 g/mol. The van der Waals surface area contributed by atoms with Gasteiger partial charge in [-0.1, -0.05) is 20.8 Å².